The first kappa shape index (κ1) is 17.8. The molecule has 21 heavy (non-hydrogen) atoms. The van der Waals surface area contributed by atoms with Gasteiger partial charge in [-0.3, -0.25) is 0 Å². The molecule has 0 spiro atoms. The maximum atomic E-state index is 5.76. The molecule has 0 heterocycles. The van der Waals surface area contributed by atoms with Crippen molar-refractivity contribution in [2.45, 2.75) is 34.2 Å². The average molecular weight is 295 g/mol. The summed E-state index contributed by atoms with van der Waals surface area (Å²) in [5.41, 5.74) is 1.20. The van der Waals surface area contributed by atoms with Crippen molar-refractivity contribution < 1.29 is 14.2 Å². The molecule has 4 heteroatoms. The van der Waals surface area contributed by atoms with E-state index in [1.807, 2.05) is 19.1 Å². The number of hydrogen-bond donors (Lipinski definition) is 1. The monoisotopic (exact) mass is 295 g/mol. The molecule has 0 radical (unpaired) electrons. The number of ether oxygens (including phenoxy) is 3. The van der Waals surface area contributed by atoms with Crippen LogP contribution in [0.1, 0.15) is 33.3 Å². The van der Waals surface area contributed by atoms with Gasteiger partial charge in [0, 0.05) is 13.2 Å². The molecule has 1 N–H and O–H groups in total. The third-order valence-corrected chi connectivity index (χ3v) is 2.82. The van der Waals surface area contributed by atoms with Gasteiger partial charge in [0.25, 0.3) is 0 Å². The molecule has 0 unspecified atom stereocenters. The molecule has 1 rings (SSSR count). The molecular formula is C17H29NO3. The van der Waals surface area contributed by atoms with Crippen molar-refractivity contribution in [3.05, 3.63) is 23.8 Å². The lowest BCUT2D eigenvalue weighted by Crippen LogP contribution is -2.13. The van der Waals surface area contributed by atoms with Gasteiger partial charge >= 0.3 is 0 Å². The topological polar surface area (TPSA) is 39.7 Å². The molecule has 0 bridgehead atoms. The van der Waals surface area contributed by atoms with E-state index in [2.05, 4.69) is 32.2 Å². The van der Waals surface area contributed by atoms with Crippen LogP contribution in [-0.2, 0) is 11.3 Å². The predicted molar refractivity (Wildman–Crippen MR) is 86.1 cm³/mol. The summed E-state index contributed by atoms with van der Waals surface area (Å²) >= 11 is 0. The summed E-state index contributed by atoms with van der Waals surface area (Å²) in [5.74, 6) is 2.14. The molecular weight excluding hydrogens is 266 g/mol. The van der Waals surface area contributed by atoms with Gasteiger partial charge < -0.3 is 19.5 Å². The quantitative estimate of drug-likeness (QED) is 0.636. The maximum Gasteiger partial charge on any atom is 0.161 e. The molecule has 0 fully saturated rings. The average Bonchev–Trinajstić information content (AvgIpc) is 2.46. The van der Waals surface area contributed by atoms with Crippen molar-refractivity contribution in [2.75, 3.05) is 33.0 Å². The van der Waals surface area contributed by atoms with E-state index in [0.717, 1.165) is 31.2 Å². The van der Waals surface area contributed by atoms with Gasteiger partial charge in [0.15, 0.2) is 11.5 Å². The molecule has 0 aliphatic heterocycles. The van der Waals surface area contributed by atoms with Crippen LogP contribution in [0.2, 0.25) is 0 Å². The van der Waals surface area contributed by atoms with E-state index < -0.39 is 0 Å². The van der Waals surface area contributed by atoms with Gasteiger partial charge in [0.1, 0.15) is 6.61 Å². The molecule has 0 aromatic heterocycles. The Hall–Kier alpha value is -1.26. The van der Waals surface area contributed by atoms with Gasteiger partial charge in [0.05, 0.1) is 13.2 Å². The van der Waals surface area contributed by atoms with Crippen molar-refractivity contribution in [1.29, 1.82) is 0 Å². The Morgan fingerprint density at radius 2 is 1.86 bits per heavy atom. The normalized spacial score (nSPS) is 10.9. The number of hydrogen-bond acceptors (Lipinski definition) is 4. The summed E-state index contributed by atoms with van der Waals surface area (Å²) in [7, 11) is 0. The van der Waals surface area contributed by atoms with Crippen LogP contribution < -0.4 is 14.8 Å². The summed E-state index contributed by atoms with van der Waals surface area (Å²) in [6.07, 6.45) is 0. The second-order valence-corrected chi connectivity index (χ2v) is 5.31. The highest BCUT2D eigenvalue weighted by atomic mass is 16.5. The van der Waals surface area contributed by atoms with Crippen molar-refractivity contribution in [2.24, 2.45) is 5.92 Å². The van der Waals surface area contributed by atoms with Crippen LogP contribution in [0.3, 0.4) is 0 Å². The Labute approximate surface area is 128 Å². The lowest BCUT2D eigenvalue weighted by atomic mass is 10.2. The third-order valence-electron chi connectivity index (χ3n) is 2.82. The van der Waals surface area contributed by atoms with E-state index in [0.29, 0.717) is 25.7 Å². The molecule has 0 aliphatic rings. The minimum atomic E-state index is 0.541. The molecule has 0 amide bonds. The summed E-state index contributed by atoms with van der Waals surface area (Å²) in [6.45, 7) is 12.7. The van der Waals surface area contributed by atoms with E-state index >= 15 is 0 Å². The Bertz CT molecular complexity index is 394. The molecule has 0 aliphatic carbocycles. The molecule has 120 valence electrons. The molecule has 0 atom stereocenters. The lowest BCUT2D eigenvalue weighted by Gasteiger charge is -2.14. The number of benzene rings is 1. The van der Waals surface area contributed by atoms with Gasteiger partial charge in [0.2, 0.25) is 0 Å². The standard InChI is InChI=1S/C17H29NO3/c1-5-18-12-15-7-8-16(17(11-15)20-6-2)21-10-9-19-13-14(3)4/h7-8,11,14,18H,5-6,9-10,12-13H2,1-4H3. The summed E-state index contributed by atoms with van der Waals surface area (Å²) in [6, 6.07) is 6.08. The zero-order valence-electron chi connectivity index (χ0n) is 13.8. The first-order valence-corrected chi connectivity index (χ1v) is 7.84. The molecule has 4 nitrogen and oxygen atoms in total. The zero-order chi connectivity index (χ0) is 15.5. The largest absolute Gasteiger partial charge is 0.490 e. The highest BCUT2D eigenvalue weighted by Crippen LogP contribution is 2.28. The Balaban J connectivity index is 2.51. The molecule has 1 aromatic carbocycles. The van der Waals surface area contributed by atoms with Crippen molar-refractivity contribution in [3.8, 4) is 11.5 Å². The molecule has 1 aromatic rings. The second kappa shape index (κ2) is 10.5. The SMILES string of the molecule is CCNCc1ccc(OCCOCC(C)C)c(OCC)c1. The highest BCUT2D eigenvalue weighted by molar-refractivity contribution is 5.43. The van der Waals surface area contributed by atoms with E-state index in [9.17, 15) is 0 Å². The molecule has 0 saturated carbocycles. The summed E-state index contributed by atoms with van der Waals surface area (Å²) in [4.78, 5) is 0. The second-order valence-electron chi connectivity index (χ2n) is 5.31. The fourth-order valence-electron chi connectivity index (χ4n) is 1.85. The first-order valence-electron chi connectivity index (χ1n) is 7.84. The highest BCUT2D eigenvalue weighted by Gasteiger charge is 2.06. The smallest absolute Gasteiger partial charge is 0.161 e. The fourth-order valence-corrected chi connectivity index (χ4v) is 1.85. The van der Waals surface area contributed by atoms with Gasteiger partial charge in [-0.25, -0.2) is 0 Å². The van der Waals surface area contributed by atoms with Crippen LogP contribution >= 0.6 is 0 Å². The van der Waals surface area contributed by atoms with Crippen LogP contribution in [0.4, 0.5) is 0 Å². The van der Waals surface area contributed by atoms with Crippen molar-refractivity contribution >= 4 is 0 Å². The van der Waals surface area contributed by atoms with Gasteiger partial charge in [-0.1, -0.05) is 26.8 Å². The minimum Gasteiger partial charge on any atom is -0.490 e. The first-order chi connectivity index (χ1) is 10.2. The summed E-state index contributed by atoms with van der Waals surface area (Å²) in [5, 5.41) is 3.31. The summed E-state index contributed by atoms with van der Waals surface area (Å²) < 4.78 is 16.9. The predicted octanol–water partition coefficient (Wildman–Crippen LogP) is 3.25. The van der Waals surface area contributed by atoms with E-state index in [-0.39, 0.29) is 0 Å². The van der Waals surface area contributed by atoms with Crippen molar-refractivity contribution in [3.63, 3.8) is 0 Å². The van der Waals surface area contributed by atoms with Crippen LogP contribution in [0.25, 0.3) is 0 Å². The van der Waals surface area contributed by atoms with E-state index in [4.69, 9.17) is 14.2 Å². The molecule has 0 saturated heterocycles. The lowest BCUT2D eigenvalue weighted by molar-refractivity contribution is 0.0808. The Kier molecular flexibility index (Phi) is 8.87. The number of nitrogens with one attached hydrogen (secondary N) is 1. The maximum absolute atomic E-state index is 5.76. The van der Waals surface area contributed by atoms with Gasteiger partial charge in [-0.05, 0) is 37.1 Å². The van der Waals surface area contributed by atoms with E-state index in [1.54, 1.807) is 0 Å². The van der Waals surface area contributed by atoms with Gasteiger partial charge in [-0.15, -0.1) is 0 Å². The van der Waals surface area contributed by atoms with Crippen LogP contribution in [0, 0.1) is 5.92 Å². The van der Waals surface area contributed by atoms with Crippen LogP contribution in [0.5, 0.6) is 11.5 Å². The Morgan fingerprint density at radius 1 is 1.05 bits per heavy atom. The van der Waals surface area contributed by atoms with E-state index in [1.165, 1.54) is 5.56 Å². The Morgan fingerprint density at radius 3 is 2.52 bits per heavy atom. The van der Waals surface area contributed by atoms with Crippen LogP contribution in [-0.4, -0.2) is 33.0 Å². The zero-order valence-corrected chi connectivity index (χ0v) is 13.8. The minimum absolute atomic E-state index is 0.541. The van der Waals surface area contributed by atoms with Gasteiger partial charge in [-0.2, -0.15) is 0 Å². The van der Waals surface area contributed by atoms with Crippen molar-refractivity contribution in [1.82, 2.24) is 5.32 Å². The number of rotatable bonds is 11. The van der Waals surface area contributed by atoms with Crippen LogP contribution in [0.15, 0.2) is 18.2 Å². The third kappa shape index (κ3) is 7.34. The fraction of sp³-hybridized carbons (Fsp3) is 0.647.